The molecule has 4 rings (SSSR count). The van der Waals surface area contributed by atoms with Gasteiger partial charge in [-0.15, -0.1) is 23.1 Å². The van der Waals surface area contributed by atoms with Crippen molar-refractivity contribution >= 4 is 50.1 Å². The average molecular weight is 486 g/mol. The van der Waals surface area contributed by atoms with Gasteiger partial charge >= 0.3 is 0 Å². The predicted octanol–water partition coefficient (Wildman–Crippen LogP) is 6.41. The van der Waals surface area contributed by atoms with E-state index in [2.05, 4.69) is 31.4 Å². The molecular formula is C21H16BrN3O2S2. The van der Waals surface area contributed by atoms with Crippen LogP contribution in [0.15, 0.2) is 73.9 Å². The first-order valence-electron chi connectivity index (χ1n) is 8.75. The highest BCUT2D eigenvalue weighted by molar-refractivity contribution is 9.10. The van der Waals surface area contributed by atoms with Crippen LogP contribution in [0.3, 0.4) is 0 Å². The summed E-state index contributed by atoms with van der Waals surface area (Å²) in [5.41, 5.74) is 3.27. The molecule has 0 aliphatic heterocycles. The first-order valence-corrected chi connectivity index (χ1v) is 11.4. The standard InChI is InChI=1S/C21H16BrN3O2S2/c1-13-9-16(27-25-13)11-28-19-8-3-2-7-17(19)20(26)24-21-23-18(12-29-21)14-5-4-6-15(22)10-14/h2-10,12H,11H2,1H3,(H,23,24,26). The molecule has 0 fully saturated rings. The second kappa shape index (κ2) is 8.94. The molecular weight excluding hydrogens is 470 g/mol. The second-order valence-electron chi connectivity index (χ2n) is 6.22. The Morgan fingerprint density at radius 1 is 1.21 bits per heavy atom. The van der Waals surface area contributed by atoms with Crippen molar-refractivity contribution in [3.05, 3.63) is 81.5 Å². The van der Waals surface area contributed by atoms with Gasteiger partial charge in [0, 0.05) is 26.4 Å². The van der Waals surface area contributed by atoms with E-state index in [9.17, 15) is 4.79 Å². The Balaban J connectivity index is 1.47. The number of hydrogen-bond acceptors (Lipinski definition) is 6. The van der Waals surface area contributed by atoms with Crippen LogP contribution in [0, 0.1) is 6.92 Å². The van der Waals surface area contributed by atoms with E-state index in [1.807, 2.05) is 66.9 Å². The molecule has 1 amide bonds. The van der Waals surface area contributed by atoms with Crippen LogP contribution in [0.5, 0.6) is 0 Å². The molecule has 8 heteroatoms. The Morgan fingerprint density at radius 3 is 2.86 bits per heavy atom. The number of nitrogens with zero attached hydrogens (tertiary/aromatic N) is 2. The molecule has 5 nitrogen and oxygen atoms in total. The molecule has 0 aliphatic rings. The molecule has 0 bridgehead atoms. The van der Waals surface area contributed by atoms with Gasteiger partial charge in [0.25, 0.3) is 5.91 Å². The third kappa shape index (κ3) is 4.95. The average Bonchev–Trinajstić information content (AvgIpc) is 3.35. The van der Waals surface area contributed by atoms with Gasteiger partial charge in [-0.2, -0.15) is 0 Å². The molecule has 0 saturated heterocycles. The minimum atomic E-state index is -0.183. The van der Waals surface area contributed by atoms with Gasteiger partial charge in [-0.25, -0.2) is 4.98 Å². The first-order chi connectivity index (χ1) is 14.1. The van der Waals surface area contributed by atoms with Crippen LogP contribution >= 0.6 is 39.0 Å². The summed E-state index contributed by atoms with van der Waals surface area (Å²) in [5.74, 6) is 1.20. The number of thioether (sulfide) groups is 1. The number of halogens is 1. The third-order valence-electron chi connectivity index (χ3n) is 4.02. The number of anilines is 1. The van der Waals surface area contributed by atoms with E-state index < -0.39 is 0 Å². The quantitative estimate of drug-likeness (QED) is 0.319. The minimum Gasteiger partial charge on any atom is -0.360 e. The lowest BCUT2D eigenvalue weighted by atomic mass is 10.2. The molecule has 0 unspecified atom stereocenters. The fraction of sp³-hybridized carbons (Fsp3) is 0.0952. The summed E-state index contributed by atoms with van der Waals surface area (Å²) in [4.78, 5) is 18.3. The zero-order valence-corrected chi connectivity index (χ0v) is 18.6. The predicted molar refractivity (Wildman–Crippen MR) is 120 cm³/mol. The molecule has 4 aromatic rings. The Morgan fingerprint density at radius 2 is 2.07 bits per heavy atom. The monoisotopic (exact) mass is 485 g/mol. The van der Waals surface area contributed by atoms with Crippen molar-refractivity contribution in [2.24, 2.45) is 0 Å². The summed E-state index contributed by atoms with van der Waals surface area (Å²) in [6.07, 6.45) is 0. The van der Waals surface area contributed by atoms with Gasteiger partial charge in [0.1, 0.15) is 5.76 Å². The summed E-state index contributed by atoms with van der Waals surface area (Å²) >= 11 is 6.41. The number of nitrogens with one attached hydrogen (secondary N) is 1. The maximum atomic E-state index is 12.8. The molecule has 0 spiro atoms. The molecule has 146 valence electrons. The molecule has 2 aromatic heterocycles. The summed E-state index contributed by atoms with van der Waals surface area (Å²) in [6.45, 7) is 1.88. The highest BCUT2D eigenvalue weighted by Gasteiger charge is 2.15. The Kier molecular flexibility index (Phi) is 6.13. The Bertz CT molecular complexity index is 1160. The maximum Gasteiger partial charge on any atom is 0.258 e. The molecule has 2 heterocycles. The summed E-state index contributed by atoms with van der Waals surface area (Å²) < 4.78 is 6.24. The molecule has 0 atom stereocenters. The molecule has 1 N–H and O–H groups in total. The smallest absolute Gasteiger partial charge is 0.258 e. The fourth-order valence-electron chi connectivity index (χ4n) is 2.69. The van der Waals surface area contributed by atoms with Crippen molar-refractivity contribution in [1.82, 2.24) is 10.1 Å². The Hall–Kier alpha value is -2.42. The van der Waals surface area contributed by atoms with Crippen molar-refractivity contribution in [2.75, 3.05) is 5.32 Å². The minimum absolute atomic E-state index is 0.183. The van der Waals surface area contributed by atoms with Crippen molar-refractivity contribution in [3.63, 3.8) is 0 Å². The number of benzene rings is 2. The van der Waals surface area contributed by atoms with Crippen LogP contribution in [-0.2, 0) is 5.75 Å². The number of aryl methyl sites for hydroxylation is 1. The SMILES string of the molecule is Cc1cc(CSc2ccccc2C(=O)Nc2nc(-c3cccc(Br)c3)cs2)on1. The fourth-order valence-corrected chi connectivity index (χ4v) is 4.73. The van der Waals surface area contributed by atoms with E-state index in [1.54, 1.807) is 0 Å². The molecule has 2 aromatic carbocycles. The van der Waals surface area contributed by atoms with Gasteiger partial charge < -0.3 is 4.52 Å². The van der Waals surface area contributed by atoms with Crippen LogP contribution in [0.2, 0.25) is 0 Å². The number of hydrogen-bond donors (Lipinski definition) is 1. The first kappa shape index (κ1) is 19.9. The highest BCUT2D eigenvalue weighted by Crippen LogP contribution is 2.29. The van der Waals surface area contributed by atoms with Crippen molar-refractivity contribution in [1.29, 1.82) is 0 Å². The lowest BCUT2D eigenvalue weighted by Crippen LogP contribution is -2.12. The summed E-state index contributed by atoms with van der Waals surface area (Å²) in [5, 5.41) is 9.31. The maximum absolute atomic E-state index is 12.8. The van der Waals surface area contributed by atoms with Gasteiger partial charge in [0.05, 0.1) is 22.7 Å². The van der Waals surface area contributed by atoms with Gasteiger partial charge in [0.2, 0.25) is 0 Å². The molecule has 0 saturated carbocycles. The molecule has 0 aliphatic carbocycles. The number of thiazole rings is 1. The van der Waals surface area contributed by atoms with Crippen molar-refractivity contribution in [3.8, 4) is 11.3 Å². The van der Waals surface area contributed by atoms with E-state index in [0.717, 1.165) is 32.1 Å². The van der Waals surface area contributed by atoms with Crippen LogP contribution in [0.1, 0.15) is 21.8 Å². The van der Waals surface area contributed by atoms with E-state index in [1.165, 1.54) is 23.1 Å². The molecule has 29 heavy (non-hydrogen) atoms. The number of amides is 1. The lowest BCUT2D eigenvalue weighted by Gasteiger charge is -2.07. The van der Waals surface area contributed by atoms with Crippen LogP contribution in [0.4, 0.5) is 5.13 Å². The van der Waals surface area contributed by atoms with Gasteiger partial charge in [-0.05, 0) is 31.2 Å². The number of carbonyl (C=O) groups is 1. The number of rotatable bonds is 6. The zero-order valence-electron chi connectivity index (χ0n) is 15.4. The van der Waals surface area contributed by atoms with Crippen LogP contribution in [0.25, 0.3) is 11.3 Å². The van der Waals surface area contributed by atoms with Gasteiger partial charge in [-0.1, -0.05) is 45.4 Å². The van der Waals surface area contributed by atoms with E-state index in [4.69, 9.17) is 4.52 Å². The lowest BCUT2D eigenvalue weighted by molar-refractivity contribution is 0.102. The number of carbonyl (C=O) groups excluding carboxylic acids is 1. The van der Waals surface area contributed by atoms with Crippen molar-refractivity contribution < 1.29 is 9.32 Å². The van der Waals surface area contributed by atoms with E-state index >= 15 is 0 Å². The van der Waals surface area contributed by atoms with E-state index in [0.29, 0.717) is 16.4 Å². The van der Waals surface area contributed by atoms with Gasteiger partial charge in [-0.3, -0.25) is 10.1 Å². The Labute approximate surface area is 184 Å². The third-order valence-corrected chi connectivity index (χ3v) is 6.37. The largest absolute Gasteiger partial charge is 0.360 e. The topological polar surface area (TPSA) is 68.0 Å². The second-order valence-corrected chi connectivity index (χ2v) is 9.01. The number of aromatic nitrogens is 2. The molecule has 0 radical (unpaired) electrons. The summed E-state index contributed by atoms with van der Waals surface area (Å²) in [6, 6.07) is 17.3. The normalized spacial score (nSPS) is 10.8. The van der Waals surface area contributed by atoms with Gasteiger partial charge in [0.15, 0.2) is 5.13 Å². The van der Waals surface area contributed by atoms with Crippen LogP contribution < -0.4 is 5.32 Å². The van der Waals surface area contributed by atoms with Crippen LogP contribution in [-0.4, -0.2) is 16.0 Å². The summed E-state index contributed by atoms with van der Waals surface area (Å²) in [7, 11) is 0. The van der Waals surface area contributed by atoms with E-state index in [-0.39, 0.29) is 5.91 Å². The highest BCUT2D eigenvalue weighted by atomic mass is 79.9. The zero-order chi connectivity index (χ0) is 20.2. The van der Waals surface area contributed by atoms with Crippen molar-refractivity contribution in [2.45, 2.75) is 17.6 Å².